The van der Waals surface area contributed by atoms with Crippen molar-refractivity contribution in [3.05, 3.63) is 41.5 Å². The Morgan fingerprint density at radius 3 is 2.78 bits per heavy atom. The molecule has 1 saturated heterocycles. The summed E-state index contributed by atoms with van der Waals surface area (Å²) in [5, 5.41) is 22.9. The fraction of sp³-hybridized carbons (Fsp3) is 0.500. The number of rotatable bonds is 8. The molecule has 1 fully saturated rings. The quantitative estimate of drug-likeness (QED) is 0.597. The zero-order valence-electron chi connectivity index (χ0n) is 18.2. The molecule has 0 unspecified atom stereocenters. The van der Waals surface area contributed by atoms with Crippen molar-refractivity contribution in [1.82, 2.24) is 14.7 Å². The molecule has 3 rings (SSSR count). The van der Waals surface area contributed by atoms with Crippen LogP contribution in [0.4, 0.5) is 9.18 Å². The van der Waals surface area contributed by atoms with Crippen LogP contribution in [0.15, 0.2) is 29.3 Å². The lowest BCUT2D eigenvalue weighted by Crippen LogP contribution is -2.40. The van der Waals surface area contributed by atoms with E-state index >= 15 is 0 Å². The van der Waals surface area contributed by atoms with Gasteiger partial charge in [-0.3, -0.25) is 4.68 Å². The number of halogens is 1. The Hall–Kier alpha value is -2.77. The summed E-state index contributed by atoms with van der Waals surface area (Å²) in [6.07, 6.45) is 2.40. The van der Waals surface area contributed by atoms with Gasteiger partial charge >= 0.3 is 6.09 Å². The Morgan fingerprint density at radius 1 is 1.41 bits per heavy atom. The molecule has 1 N–H and O–H groups in total. The number of aliphatic hydroxyl groups excluding tert-OH is 1. The number of piperidine rings is 1. The van der Waals surface area contributed by atoms with Gasteiger partial charge in [0.15, 0.2) is 11.6 Å². The molecule has 0 spiro atoms. The molecule has 1 aromatic heterocycles. The van der Waals surface area contributed by atoms with Crippen LogP contribution in [-0.4, -0.2) is 57.4 Å². The van der Waals surface area contributed by atoms with Crippen LogP contribution < -0.4 is 4.74 Å². The van der Waals surface area contributed by atoms with Crippen molar-refractivity contribution in [3.63, 3.8) is 0 Å². The molecule has 2 heterocycles. The maximum atomic E-state index is 14.3. The Morgan fingerprint density at radius 2 is 2.16 bits per heavy atom. The molecule has 0 saturated carbocycles. The third-order valence-corrected chi connectivity index (χ3v) is 6.00. The first kappa shape index (κ1) is 23.9. The number of hydrogen-bond donors (Lipinski definition) is 1. The van der Waals surface area contributed by atoms with Crippen molar-refractivity contribution in [2.24, 2.45) is 0 Å². The van der Waals surface area contributed by atoms with Crippen molar-refractivity contribution in [3.8, 4) is 11.8 Å². The lowest BCUT2D eigenvalue weighted by molar-refractivity contribution is 0.0652. The summed E-state index contributed by atoms with van der Waals surface area (Å²) in [6, 6.07) is 6.80. The van der Waals surface area contributed by atoms with E-state index in [4.69, 9.17) is 14.6 Å². The number of aliphatic hydroxyl groups is 1. The lowest BCUT2D eigenvalue weighted by Gasteiger charge is -2.32. The van der Waals surface area contributed by atoms with Gasteiger partial charge in [-0.2, -0.15) is 10.4 Å². The predicted octanol–water partition coefficient (Wildman–Crippen LogP) is 3.74. The highest BCUT2D eigenvalue weighted by molar-refractivity contribution is 7.99. The van der Waals surface area contributed by atoms with Gasteiger partial charge in [0, 0.05) is 29.3 Å². The van der Waals surface area contributed by atoms with Crippen LogP contribution in [0.3, 0.4) is 0 Å². The van der Waals surface area contributed by atoms with Gasteiger partial charge in [0.05, 0.1) is 24.9 Å². The molecule has 1 aliphatic heterocycles. The molecule has 0 aliphatic carbocycles. The van der Waals surface area contributed by atoms with E-state index in [1.54, 1.807) is 21.8 Å². The first-order valence-electron chi connectivity index (χ1n) is 10.5. The first-order chi connectivity index (χ1) is 15.4. The Balaban J connectivity index is 1.61. The summed E-state index contributed by atoms with van der Waals surface area (Å²) in [5.41, 5.74) is 0.955. The van der Waals surface area contributed by atoms with E-state index < -0.39 is 5.82 Å². The van der Waals surface area contributed by atoms with Crippen molar-refractivity contribution in [1.29, 1.82) is 5.26 Å². The number of benzene rings is 1. The largest absolute Gasteiger partial charge is 0.486 e. The minimum Gasteiger partial charge on any atom is -0.486 e. The molecule has 172 valence electrons. The number of likely N-dealkylation sites (tertiary alicyclic amines) is 1. The molecular formula is C22H27FN4O4S. The van der Waals surface area contributed by atoms with Gasteiger partial charge in [0.2, 0.25) is 0 Å². The minimum absolute atomic E-state index is 0.0129. The summed E-state index contributed by atoms with van der Waals surface area (Å²) in [4.78, 5) is 14.4. The van der Waals surface area contributed by atoms with Crippen LogP contribution in [-0.2, 0) is 11.3 Å². The maximum Gasteiger partial charge on any atom is 0.410 e. The molecule has 1 aliphatic rings. The summed E-state index contributed by atoms with van der Waals surface area (Å²) >= 11 is 1.35. The third kappa shape index (κ3) is 5.93. The van der Waals surface area contributed by atoms with Gasteiger partial charge in [-0.15, -0.1) is 11.8 Å². The van der Waals surface area contributed by atoms with Crippen LogP contribution >= 0.6 is 11.8 Å². The topological polar surface area (TPSA) is 101 Å². The molecule has 0 bridgehead atoms. The number of thioether (sulfide) groups is 1. The minimum atomic E-state index is -0.500. The summed E-state index contributed by atoms with van der Waals surface area (Å²) in [7, 11) is 0. The number of hydrogen-bond acceptors (Lipinski definition) is 7. The van der Waals surface area contributed by atoms with E-state index in [1.165, 1.54) is 23.9 Å². The van der Waals surface area contributed by atoms with E-state index in [0.717, 1.165) is 0 Å². The van der Waals surface area contributed by atoms with E-state index in [0.29, 0.717) is 47.8 Å². The van der Waals surface area contributed by atoms with Gasteiger partial charge < -0.3 is 19.5 Å². The highest BCUT2D eigenvalue weighted by Gasteiger charge is 2.27. The Bertz CT molecular complexity index is 967. The van der Waals surface area contributed by atoms with Crippen LogP contribution in [0.1, 0.15) is 44.0 Å². The van der Waals surface area contributed by atoms with Gasteiger partial charge in [0.25, 0.3) is 0 Å². The van der Waals surface area contributed by atoms with Crippen molar-refractivity contribution in [2.45, 2.75) is 50.3 Å². The fourth-order valence-electron chi connectivity index (χ4n) is 3.48. The number of amides is 1. The second-order valence-corrected chi connectivity index (χ2v) is 8.85. The molecule has 0 atom stereocenters. The molecule has 1 amide bonds. The number of nitrogens with zero attached hydrogens (tertiary/aromatic N) is 4. The molecular weight excluding hydrogens is 435 g/mol. The predicted molar refractivity (Wildman–Crippen MR) is 117 cm³/mol. The third-order valence-electron chi connectivity index (χ3n) is 5.03. The molecule has 32 heavy (non-hydrogen) atoms. The number of carbonyl (C=O) groups excluding carboxylic acids is 1. The zero-order chi connectivity index (χ0) is 23.1. The van der Waals surface area contributed by atoms with Crippen molar-refractivity contribution in [2.75, 3.05) is 25.4 Å². The maximum absolute atomic E-state index is 14.3. The first-order valence-corrected chi connectivity index (χ1v) is 11.5. The Labute approximate surface area is 190 Å². The second-order valence-electron chi connectivity index (χ2n) is 7.68. The van der Waals surface area contributed by atoms with E-state index in [2.05, 4.69) is 11.2 Å². The van der Waals surface area contributed by atoms with Crippen LogP contribution in [0.5, 0.6) is 5.75 Å². The second kappa shape index (κ2) is 11.2. The van der Waals surface area contributed by atoms with Gasteiger partial charge in [0.1, 0.15) is 18.4 Å². The molecule has 10 heteroatoms. The number of nitriles is 1. The van der Waals surface area contributed by atoms with Gasteiger partial charge in [-0.25, -0.2) is 9.18 Å². The fourth-order valence-corrected chi connectivity index (χ4v) is 4.16. The average Bonchev–Trinajstić information content (AvgIpc) is 3.19. The zero-order valence-corrected chi connectivity index (χ0v) is 19.0. The average molecular weight is 463 g/mol. The highest BCUT2D eigenvalue weighted by atomic mass is 32.2. The van der Waals surface area contributed by atoms with Crippen molar-refractivity contribution >= 4 is 17.9 Å². The smallest absolute Gasteiger partial charge is 0.410 e. The van der Waals surface area contributed by atoms with E-state index in [9.17, 15) is 14.4 Å². The standard InChI is InChI=1S/C22H27FN4O4S/c1-15(2)31-22(29)26-7-5-17(6-8-26)27-20(12-24)16(13-25-27)14-30-21-4-3-18(11-19(21)23)32-10-9-28/h3-4,11,13,15,17,28H,5-10,14H2,1-2H3. The van der Waals surface area contributed by atoms with E-state index in [1.807, 2.05) is 13.8 Å². The number of ether oxygens (including phenoxy) is 2. The SMILES string of the molecule is CC(C)OC(=O)N1CCC(n2ncc(COc3ccc(SCCO)cc3F)c2C#N)CC1. The molecule has 8 nitrogen and oxygen atoms in total. The molecule has 1 aromatic carbocycles. The van der Waals surface area contributed by atoms with E-state index in [-0.39, 0.29) is 37.2 Å². The van der Waals surface area contributed by atoms with Crippen LogP contribution in [0.2, 0.25) is 0 Å². The van der Waals surface area contributed by atoms with Crippen LogP contribution in [0, 0.1) is 17.1 Å². The molecule has 2 aromatic rings. The monoisotopic (exact) mass is 462 g/mol. The van der Waals surface area contributed by atoms with Crippen molar-refractivity contribution < 1.29 is 23.8 Å². The van der Waals surface area contributed by atoms with Gasteiger partial charge in [-0.05, 0) is 44.9 Å². The normalized spacial score (nSPS) is 14.4. The number of aromatic nitrogens is 2. The summed E-state index contributed by atoms with van der Waals surface area (Å²) < 4.78 is 26.8. The van der Waals surface area contributed by atoms with Gasteiger partial charge in [-0.1, -0.05) is 0 Å². The molecule has 0 radical (unpaired) electrons. The van der Waals surface area contributed by atoms with Crippen LogP contribution in [0.25, 0.3) is 0 Å². The number of carbonyl (C=O) groups is 1. The Kier molecular flexibility index (Phi) is 8.36. The highest BCUT2D eigenvalue weighted by Crippen LogP contribution is 2.28. The lowest BCUT2D eigenvalue weighted by atomic mass is 10.1. The summed E-state index contributed by atoms with van der Waals surface area (Å²) in [6.45, 7) is 4.72. The summed E-state index contributed by atoms with van der Waals surface area (Å²) in [5.74, 6) is 0.0776.